The summed E-state index contributed by atoms with van der Waals surface area (Å²) in [7, 11) is 2.78. The van der Waals surface area contributed by atoms with Gasteiger partial charge in [-0.2, -0.15) is 0 Å². The molecule has 2 bridgehead atoms. The van der Waals surface area contributed by atoms with E-state index >= 15 is 0 Å². The minimum Gasteiger partial charge on any atom is -0.469 e. The summed E-state index contributed by atoms with van der Waals surface area (Å²) in [5.74, 6) is -0.513. The van der Waals surface area contributed by atoms with Crippen molar-refractivity contribution in [1.29, 1.82) is 0 Å². The summed E-state index contributed by atoms with van der Waals surface area (Å²) in [6, 6.07) is 0. The Labute approximate surface area is 107 Å². The minimum absolute atomic E-state index is 0.239. The van der Waals surface area contributed by atoms with Crippen molar-refractivity contribution >= 4 is 11.9 Å². The molecule has 0 aromatic heterocycles. The van der Waals surface area contributed by atoms with Gasteiger partial charge >= 0.3 is 11.9 Å². The molecule has 2 atom stereocenters. The van der Waals surface area contributed by atoms with E-state index in [1.54, 1.807) is 0 Å². The second kappa shape index (κ2) is 3.59. The lowest BCUT2D eigenvalue weighted by Crippen LogP contribution is -2.43. The fraction of sp³-hybridized carbons (Fsp3) is 0.714. The van der Waals surface area contributed by atoms with Gasteiger partial charge in [-0.3, -0.25) is 9.59 Å². The third-order valence-corrected chi connectivity index (χ3v) is 5.26. The Morgan fingerprint density at radius 3 is 2.17 bits per heavy atom. The predicted molar refractivity (Wildman–Crippen MR) is 65.7 cm³/mol. The molecule has 2 unspecified atom stereocenters. The Balaban J connectivity index is 2.54. The van der Waals surface area contributed by atoms with Crippen molar-refractivity contribution in [3.05, 3.63) is 12.2 Å². The molecule has 18 heavy (non-hydrogen) atoms. The molecule has 2 rings (SSSR count). The summed E-state index contributed by atoms with van der Waals surface area (Å²) >= 11 is 0. The van der Waals surface area contributed by atoms with Gasteiger partial charge in [-0.15, -0.1) is 0 Å². The van der Waals surface area contributed by atoms with E-state index in [2.05, 4.69) is 6.58 Å². The van der Waals surface area contributed by atoms with Gasteiger partial charge in [-0.25, -0.2) is 0 Å². The van der Waals surface area contributed by atoms with Crippen molar-refractivity contribution < 1.29 is 19.1 Å². The number of hydrogen-bond acceptors (Lipinski definition) is 4. The molecular weight excluding hydrogens is 232 g/mol. The number of rotatable bonds is 2. The zero-order chi connectivity index (χ0) is 13.8. The second-order valence-corrected chi connectivity index (χ2v) is 5.93. The Morgan fingerprint density at radius 2 is 1.67 bits per heavy atom. The number of carbonyl (C=O) groups excluding carboxylic acids is 2. The van der Waals surface area contributed by atoms with Gasteiger partial charge in [0.15, 0.2) is 0 Å². The van der Waals surface area contributed by atoms with Crippen molar-refractivity contribution in [2.75, 3.05) is 14.2 Å². The van der Waals surface area contributed by atoms with Crippen molar-refractivity contribution in [2.24, 2.45) is 16.2 Å². The van der Waals surface area contributed by atoms with Crippen LogP contribution in [-0.2, 0) is 19.1 Å². The van der Waals surface area contributed by atoms with Crippen molar-refractivity contribution in [3.8, 4) is 0 Å². The summed E-state index contributed by atoms with van der Waals surface area (Å²) in [6.07, 6.45) is 1.74. The molecule has 0 radical (unpaired) electrons. The molecule has 2 fully saturated rings. The number of carbonyl (C=O) groups is 2. The number of esters is 2. The van der Waals surface area contributed by atoms with Gasteiger partial charge in [-0.1, -0.05) is 26.0 Å². The maximum atomic E-state index is 12.2. The van der Waals surface area contributed by atoms with Gasteiger partial charge in [0.05, 0.1) is 25.0 Å². The molecule has 2 aliphatic rings. The molecule has 4 heteroatoms. The van der Waals surface area contributed by atoms with E-state index < -0.39 is 16.2 Å². The Kier molecular flexibility index (Phi) is 2.62. The van der Waals surface area contributed by atoms with Crippen LogP contribution in [-0.4, -0.2) is 26.2 Å². The second-order valence-electron chi connectivity index (χ2n) is 5.93. The Hall–Kier alpha value is -1.32. The van der Waals surface area contributed by atoms with E-state index in [1.807, 2.05) is 13.8 Å². The number of ether oxygens (including phenoxy) is 2. The molecule has 0 saturated heterocycles. The molecule has 4 nitrogen and oxygen atoms in total. The number of hydrogen-bond donors (Lipinski definition) is 0. The molecule has 0 N–H and O–H groups in total. The fourth-order valence-corrected chi connectivity index (χ4v) is 3.91. The van der Waals surface area contributed by atoms with Crippen molar-refractivity contribution in [3.63, 3.8) is 0 Å². The van der Waals surface area contributed by atoms with E-state index in [1.165, 1.54) is 14.2 Å². The van der Waals surface area contributed by atoms with Crippen LogP contribution >= 0.6 is 0 Å². The van der Waals surface area contributed by atoms with Gasteiger partial charge < -0.3 is 9.47 Å². The smallest absolute Gasteiger partial charge is 0.315 e. The van der Waals surface area contributed by atoms with Crippen LogP contribution in [0.15, 0.2) is 12.2 Å². The molecule has 0 amide bonds. The first-order valence-electron chi connectivity index (χ1n) is 6.15. The average molecular weight is 252 g/mol. The first-order chi connectivity index (χ1) is 8.28. The van der Waals surface area contributed by atoms with Gasteiger partial charge in [0.1, 0.15) is 0 Å². The predicted octanol–water partition coefficient (Wildman–Crippen LogP) is 2.09. The highest BCUT2D eigenvalue weighted by Crippen LogP contribution is 2.72. The summed E-state index contributed by atoms with van der Waals surface area (Å²) in [5.41, 5.74) is -0.968. The molecule has 0 aromatic carbocycles. The number of fused-ring (bicyclic) bond motifs is 2. The van der Waals surface area contributed by atoms with Crippen LogP contribution in [0, 0.1) is 16.2 Å². The first-order valence-corrected chi connectivity index (χ1v) is 6.15. The molecule has 100 valence electrons. The molecule has 2 aliphatic carbocycles. The standard InChI is InChI=1S/C14H20O4/c1-9-12(2,3)14(11(16)18-5)7-6-13(9,8-14)10(15)17-4/h1,6-8H2,2-5H3. The summed E-state index contributed by atoms with van der Waals surface area (Å²) in [6.45, 7) is 8.02. The van der Waals surface area contributed by atoms with Crippen LogP contribution in [0.4, 0.5) is 0 Å². The SMILES string of the molecule is C=C1C2(C(=O)OC)CCC(C(=O)OC)(C2)C1(C)C. The quantitative estimate of drug-likeness (QED) is 0.558. The monoisotopic (exact) mass is 252 g/mol. The largest absolute Gasteiger partial charge is 0.469 e. The molecule has 0 aliphatic heterocycles. The Morgan fingerprint density at radius 1 is 1.11 bits per heavy atom. The molecule has 0 spiro atoms. The third-order valence-electron chi connectivity index (χ3n) is 5.26. The zero-order valence-corrected chi connectivity index (χ0v) is 11.5. The van der Waals surface area contributed by atoms with E-state index in [4.69, 9.17) is 9.47 Å². The van der Waals surface area contributed by atoms with E-state index in [0.717, 1.165) is 5.57 Å². The fourth-order valence-electron chi connectivity index (χ4n) is 3.91. The van der Waals surface area contributed by atoms with Crippen molar-refractivity contribution in [1.82, 2.24) is 0 Å². The van der Waals surface area contributed by atoms with E-state index in [9.17, 15) is 9.59 Å². The molecule has 2 saturated carbocycles. The lowest BCUT2D eigenvalue weighted by atomic mass is 9.61. The Bertz CT molecular complexity index is 437. The van der Waals surface area contributed by atoms with E-state index in [-0.39, 0.29) is 11.9 Å². The molecule has 0 aromatic rings. The molecule has 0 heterocycles. The topological polar surface area (TPSA) is 52.6 Å². The van der Waals surface area contributed by atoms with Crippen molar-refractivity contribution in [2.45, 2.75) is 33.1 Å². The summed E-state index contributed by atoms with van der Waals surface area (Å²) in [5, 5.41) is 0. The van der Waals surface area contributed by atoms with Gasteiger partial charge in [0.25, 0.3) is 0 Å². The highest BCUT2D eigenvalue weighted by molar-refractivity contribution is 5.89. The maximum Gasteiger partial charge on any atom is 0.315 e. The van der Waals surface area contributed by atoms with Gasteiger partial charge in [0, 0.05) is 5.41 Å². The van der Waals surface area contributed by atoms with Crippen LogP contribution in [0.2, 0.25) is 0 Å². The molecular formula is C14H20O4. The lowest BCUT2D eigenvalue weighted by Gasteiger charge is -2.42. The van der Waals surface area contributed by atoms with Crippen LogP contribution in [0.5, 0.6) is 0 Å². The highest BCUT2D eigenvalue weighted by atomic mass is 16.5. The lowest BCUT2D eigenvalue weighted by molar-refractivity contribution is -0.157. The average Bonchev–Trinajstić information content (AvgIpc) is 2.84. The normalized spacial score (nSPS) is 36.6. The zero-order valence-electron chi connectivity index (χ0n) is 11.5. The third kappa shape index (κ3) is 1.16. The van der Waals surface area contributed by atoms with Crippen LogP contribution in [0.1, 0.15) is 33.1 Å². The van der Waals surface area contributed by atoms with E-state index in [0.29, 0.717) is 19.3 Å². The summed E-state index contributed by atoms with van der Waals surface area (Å²) in [4.78, 5) is 24.3. The first kappa shape index (κ1) is 13.1. The highest BCUT2D eigenvalue weighted by Gasteiger charge is 2.72. The van der Waals surface area contributed by atoms with Crippen LogP contribution in [0.3, 0.4) is 0 Å². The van der Waals surface area contributed by atoms with Crippen LogP contribution in [0.25, 0.3) is 0 Å². The van der Waals surface area contributed by atoms with Gasteiger partial charge in [-0.05, 0) is 19.3 Å². The number of methoxy groups -OCH3 is 2. The minimum atomic E-state index is -0.702. The van der Waals surface area contributed by atoms with Crippen LogP contribution < -0.4 is 0 Å². The van der Waals surface area contributed by atoms with Gasteiger partial charge in [0.2, 0.25) is 0 Å². The summed E-state index contributed by atoms with van der Waals surface area (Å²) < 4.78 is 9.89. The maximum absolute atomic E-state index is 12.2.